The van der Waals surface area contributed by atoms with Crippen molar-refractivity contribution in [2.24, 2.45) is 5.73 Å². The Hall–Kier alpha value is -1.09. The Morgan fingerprint density at radius 3 is 2.75 bits per heavy atom. The van der Waals surface area contributed by atoms with E-state index in [1.54, 1.807) is 13.0 Å². The van der Waals surface area contributed by atoms with Gasteiger partial charge in [0.1, 0.15) is 0 Å². The molecule has 0 spiro atoms. The molecule has 0 saturated heterocycles. The first-order valence-electron chi connectivity index (χ1n) is 3.85. The number of hydrogen-bond acceptors (Lipinski definition) is 3. The smallest absolute Gasteiger partial charge is 0.334 e. The lowest BCUT2D eigenvalue weighted by molar-refractivity contribution is -0.138. The summed E-state index contributed by atoms with van der Waals surface area (Å²) in [7, 11) is 0. The minimum Gasteiger partial charge on any atom is -0.463 e. The van der Waals surface area contributed by atoms with Crippen LogP contribution in [0, 0.1) is 0 Å². The van der Waals surface area contributed by atoms with Crippen molar-refractivity contribution in [1.29, 1.82) is 0 Å². The molecule has 3 nitrogen and oxygen atoms in total. The van der Waals surface area contributed by atoms with E-state index in [9.17, 15) is 4.79 Å². The number of nitrogens with two attached hydrogens (primary N) is 1. The molecule has 0 aliphatic rings. The van der Waals surface area contributed by atoms with Crippen molar-refractivity contribution in [2.75, 3.05) is 6.61 Å². The molecule has 0 aromatic heterocycles. The number of carbonyl (C=O) groups excluding carboxylic acids is 1. The molecule has 12 heavy (non-hydrogen) atoms. The zero-order valence-electron chi connectivity index (χ0n) is 7.38. The van der Waals surface area contributed by atoms with E-state index in [-0.39, 0.29) is 6.04 Å². The maximum atomic E-state index is 11.0. The molecule has 2 N–H and O–H groups in total. The first-order chi connectivity index (χ1) is 5.63. The van der Waals surface area contributed by atoms with Gasteiger partial charge >= 0.3 is 5.97 Å². The summed E-state index contributed by atoms with van der Waals surface area (Å²) in [6, 6.07) is -0.374. The predicted molar refractivity (Wildman–Crippen MR) is 48.6 cm³/mol. The molecule has 3 heteroatoms. The fraction of sp³-hybridized carbons (Fsp3) is 0.444. The van der Waals surface area contributed by atoms with Gasteiger partial charge in [-0.25, -0.2) is 4.79 Å². The summed E-state index contributed by atoms with van der Waals surface area (Å²) in [5, 5.41) is 0. The lowest BCUT2D eigenvalue weighted by Gasteiger charge is -2.10. The second kappa shape index (κ2) is 5.55. The maximum absolute atomic E-state index is 11.0. The third-order valence-corrected chi connectivity index (χ3v) is 1.41. The van der Waals surface area contributed by atoms with Gasteiger partial charge in [-0.15, -0.1) is 6.58 Å². The molecule has 0 aromatic carbocycles. The van der Waals surface area contributed by atoms with E-state index in [0.717, 1.165) is 0 Å². The van der Waals surface area contributed by atoms with Crippen LogP contribution in [0.2, 0.25) is 0 Å². The van der Waals surface area contributed by atoms with Crippen molar-refractivity contribution in [3.63, 3.8) is 0 Å². The number of ether oxygens (including phenoxy) is 1. The summed E-state index contributed by atoms with van der Waals surface area (Å²) in [6.07, 6.45) is 2.19. The highest BCUT2D eigenvalue weighted by molar-refractivity contribution is 5.89. The number of esters is 1. The van der Waals surface area contributed by atoms with Crippen LogP contribution in [0.5, 0.6) is 0 Å². The van der Waals surface area contributed by atoms with Crippen molar-refractivity contribution in [2.45, 2.75) is 19.4 Å². The van der Waals surface area contributed by atoms with Crippen molar-refractivity contribution >= 4 is 5.97 Å². The molecule has 0 amide bonds. The largest absolute Gasteiger partial charge is 0.463 e. The highest BCUT2D eigenvalue weighted by Gasteiger charge is 2.14. The zero-order valence-corrected chi connectivity index (χ0v) is 7.38. The molecule has 0 aromatic rings. The van der Waals surface area contributed by atoms with E-state index < -0.39 is 5.97 Å². The normalized spacial score (nSPS) is 11.8. The topological polar surface area (TPSA) is 52.3 Å². The summed E-state index contributed by atoms with van der Waals surface area (Å²) in [5.41, 5.74) is 5.89. The van der Waals surface area contributed by atoms with Crippen LogP contribution in [0.15, 0.2) is 24.8 Å². The summed E-state index contributed by atoms with van der Waals surface area (Å²) in [6.45, 7) is 9.15. The van der Waals surface area contributed by atoms with Crippen LogP contribution in [-0.4, -0.2) is 18.6 Å². The minimum absolute atomic E-state index is 0.303. The Balaban J connectivity index is 3.99. The third-order valence-electron chi connectivity index (χ3n) is 1.41. The Morgan fingerprint density at radius 2 is 2.33 bits per heavy atom. The van der Waals surface area contributed by atoms with Gasteiger partial charge in [0.15, 0.2) is 0 Å². The molecule has 0 aliphatic heterocycles. The first kappa shape index (κ1) is 10.9. The second-order valence-electron chi connectivity index (χ2n) is 2.38. The van der Waals surface area contributed by atoms with E-state index in [0.29, 0.717) is 18.6 Å². The first-order valence-corrected chi connectivity index (χ1v) is 3.85. The molecular weight excluding hydrogens is 154 g/mol. The van der Waals surface area contributed by atoms with E-state index in [1.807, 2.05) is 0 Å². The van der Waals surface area contributed by atoms with Gasteiger partial charge in [0.05, 0.1) is 6.61 Å². The van der Waals surface area contributed by atoms with Crippen LogP contribution in [-0.2, 0) is 9.53 Å². The quantitative estimate of drug-likeness (QED) is 0.379. The van der Waals surface area contributed by atoms with Gasteiger partial charge in [-0.2, -0.15) is 0 Å². The molecule has 0 saturated carbocycles. The van der Waals surface area contributed by atoms with Gasteiger partial charge in [0.2, 0.25) is 0 Å². The van der Waals surface area contributed by atoms with Gasteiger partial charge in [0.25, 0.3) is 0 Å². The Morgan fingerprint density at radius 1 is 1.75 bits per heavy atom. The van der Waals surface area contributed by atoms with Crippen molar-refractivity contribution in [3.05, 3.63) is 24.8 Å². The molecule has 0 fully saturated rings. The van der Waals surface area contributed by atoms with E-state index >= 15 is 0 Å². The van der Waals surface area contributed by atoms with Crippen LogP contribution in [0.4, 0.5) is 0 Å². The Labute approximate surface area is 72.9 Å². The van der Waals surface area contributed by atoms with Gasteiger partial charge in [-0.05, 0) is 13.3 Å². The van der Waals surface area contributed by atoms with Crippen molar-refractivity contribution < 1.29 is 9.53 Å². The zero-order chi connectivity index (χ0) is 9.56. The second-order valence-corrected chi connectivity index (χ2v) is 2.38. The van der Waals surface area contributed by atoms with Gasteiger partial charge in [-0.1, -0.05) is 12.7 Å². The SMILES string of the molecule is C=CCC(N)C(=C)C(=O)OCC. The maximum Gasteiger partial charge on any atom is 0.334 e. The summed E-state index contributed by atoms with van der Waals surface area (Å²) in [5.74, 6) is -0.424. The molecule has 0 rings (SSSR count). The van der Waals surface area contributed by atoms with Crippen LogP contribution in [0.1, 0.15) is 13.3 Å². The van der Waals surface area contributed by atoms with Gasteiger partial charge in [0, 0.05) is 11.6 Å². The fourth-order valence-corrected chi connectivity index (χ4v) is 0.697. The van der Waals surface area contributed by atoms with Crippen LogP contribution in [0.25, 0.3) is 0 Å². The Bertz CT molecular complexity index is 187. The molecule has 1 unspecified atom stereocenters. The fourth-order valence-electron chi connectivity index (χ4n) is 0.697. The molecule has 0 radical (unpaired) electrons. The lowest BCUT2D eigenvalue weighted by atomic mass is 10.1. The van der Waals surface area contributed by atoms with Crippen LogP contribution >= 0.6 is 0 Å². The van der Waals surface area contributed by atoms with E-state index in [2.05, 4.69) is 13.2 Å². The molecule has 1 atom stereocenters. The van der Waals surface area contributed by atoms with Gasteiger partial charge in [-0.3, -0.25) is 0 Å². The number of rotatable bonds is 5. The molecule has 0 aliphatic carbocycles. The summed E-state index contributed by atoms with van der Waals surface area (Å²) < 4.78 is 4.72. The highest BCUT2D eigenvalue weighted by atomic mass is 16.5. The van der Waals surface area contributed by atoms with E-state index in [4.69, 9.17) is 10.5 Å². The van der Waals surface area contributed by atoms with E-state index in [1.165, 1.54) is 0 Å². The van der Waals surface area contributed by atoms with Crippen LogP contribution < -0.4 is 5.73 Å². The molecular formula is C9H15NO2. The molecule has 68 valence electrons. The molecule has 0 heterocycles. The molecule has 0 bridgehead atoms. The highest BCUT2D eigenvalue weighted by Crippen LogP contribution is 2.03. The standard InChI is InChI=1S/C9H15NO2/c1-4-6-8(10)7(3)9(11)12-5-2/h4,8H,1,3,5-6,10H2,2H3. The monoisotopic (exact) mass is 169 g/mol. The van der Waals surface area contributed by atoms with Gasteiger partial charge < -0.3 is 10.5 Å². The average molecular weight is 169 g/mol. The lowest BCUT2D eigenvalue weighted by Crippen LogP contribution is -2.27. The minimum atomic E-state index is -0.424. The Kier molecular flexibility index (Phi) is 5.04. The van der Waals surface area contributed by atoms with Crippen LogP contribution in [0.3, 0.4) is 0 Å². The number of hydrogen-bond donors (Lipinski definition) is 1. The predicted octanol–water partition coefficient (Wildman–Crippen LogP) is 1.01. The van der Waals surface area contributed by atoms with Crippen molar-refractivity contribution in [1.82, 2.24) is 0 Å². The average Bonchev–Trinajstić information content (AvgIpc) is 2.04. The third kappa shape index (κ3) is 3.34. The summed E-state index contributed by atoms with van der Waals surface area (Å²) in [4.78, 5) is 11.0. The van der Waals surface area contributed by atoms with Crippen molar-refractivity contribution in [3.8, 4) is 0 Å². The summed E-state index contributed by atoms with van der Waals surface area (Å²) >= 11 is 0. The number of carbonyl (C=O) groups is 1.